The van der Waals surface area contributed by atoms with E-state index in [0.29, 0.717) is 23.9 Å². The molecule has 0 spiro atoms. The summed E-state index contributed by atoms with van der Waals surface area (Å²) < 4.78 is 14.6. The molecule has 4 heteroatoms. The first-order valence-electron chi connectivity index (χ1n) is 10.5. The zero-order valence-corrected chi connectivity index (χ0v) is 18.3. The molecule has 3 rings (SSSR count). The predicted molar refractivity (Wildman–Crippen MR) is 126 cm³/mol. The van der Waals surface area contributed by atoms with Crippen LogP contribution in [0.5, 0.6) is 0 Å². The molecule has 0 bridgehead atoms. The number of benzene rings is 2. The second kappa shape index (κ2) is 10.1. The molecule has 2 unspecified atom stereocenters. The zero-order valence-electron chi connectivity index (χ0n) is 18.3. The summed E-state index contributed by atoms with van der Waals surface area (Å²) in [4.78, 5) is 14.4. The minimum absolute atomic E-state index is 0.0718. The van der Waals surface area contributed by atoms with Gasteiger partial charge in [-0.2, -0.15) is 0 Å². The second-order valence-electron chi connectivity index (χ2n) is 7.68. The van der Waals surface area contributed by atoms with Crippen molar-refractivity contribution in [1.82, 2.24) is 15.0 Å². The summed E-state index contributed by atoms with van der Waals surface area (Å²) in [5.41, 5.74) is 1.01. The van der Waals surface area contributed by atoms with E-state index in [-0.39, 0.29) is 11.7 Å². The molecule has 0 aliphatic rings. The Bertz CT molecular complexity index is 1020. The first kappa shape index (κ1) is 22.3. The molecule has 0 N–H and O–H groups in total. The number of aromatic nitrogens is 3. The van der Waals surface area contributed by atoms with E-state index in [0.717, 1.165) is 11.1 Å². The van der Waals surface area contributed by atoms with Crippen LogP contribution >= 0.6 is 0 Å². The lowest BCUT2D eigenvalue weighted by molar-refractivity contribution is 0.420. The van der Waals surface area contributed by atoms with Gasteiger partial charge in [-0.3, -0.25) is 0 Å². The summed E-state index contributed by atoms with van der Waals surface area (Å²) in [7, 11) is 0. The van der Waals surface area contributed by atoms with Crippen LogP contribution in [0.2, 0.25) is 0 Å². The Labute approximate surface area is 184 Å². The number of nitrogens with zero attached hydrogens (tertiary/aromatic N) is 3. The third kappa shape index (κ3) is 5.21. The van der Waals surface area contributed by atoms with Gasteiger partial charge in [0, 0.05) is 11.1 Å². The van der Waals surface area contributed by atoms with Gasteiger partial charge in [0.05, 0.1) is 11.2 Å². The Morgan fingerprint density at radius 3 is 1.94 bits per heavy atom. The molecule has 0 radical (unpaired) electrons. The summed E-state index contributed by atoms with van der Waals surface area (Å²) in [6.07, 6.45) is 7.55. The van der Waals surface area contributed by atoms with E-state index in [1.54, 1.807) is 19.1 Å². The number of hydrogen-bond acceptors (Lipinski definition) is 3. The van der Waals surface area contributed by atoms with E-state index in [1.807, 2.05) is 86.7 Å². The van der Waals surface area contributed by atoms with Gasteiger partial charge in [0.2, 0.25) is 0 Å². The van der Waals surface area contributed by atoms with Gasteiger partial charge < -0.3 is 0 Å². The molecule has 0 amide bonds. The molecular formula is C27H28FN3. The highest BCUT2D eigenvalue weighted by Crippen LogP contribution is 2.36. The standard InChI is InChI=1S/C27H28FN3/c1-5-7-14-20(3)27(4,19-23(28)6-2)26-30-24(21-15-10-8-11-16-21)29-25(31-26)22-17-12-9-13-18-22/h5,7-20H,1,6H2,2-4H3/b14-7-,23-19+. The van der Waals surface area contributed by atoms with E-state index in [9.17, 15) is 4.39 Å². The summed E-state index contributed by atoms with van der Waals surface area (Å²) in [5, 5.41) is 0. The van der Waals surface area contributed by atoms with Gasteiger partial charge in [0.15, 0.2) is 11.6 Å². The van der Waals surface area contributed by atoms with E-state index < -0.39 is 5.41 Å². The molecule has 3 nitrogen and oxygen atoms in total. The highest BCUT2D eigenvalue weighted by Gasteiger charge is 2.34. The van der Waals surface area contributed by atoms with Gasteiger partial charge in [-0.1, -0.05) is 99.3 Å². The van der Waals surface area contributed by atoms with Crippen molar-refractivity contribution < 1.29 is 4.39 Å². The molecule has 0 fully saturated rings. The molecule has 2 atom stereocenters. The molecule has 0 aliphatic heterocycles. The second-order valence-corrected chi connectivity index (χ2v) is 7.68. The number of hydrogen-bond donors (Lipinski definition) is 0. The maximum atomic E-state index is 14.6. The maximum Gasteiger partial charge on any atom is 0.163 e. The Morgan fingerprint density at radius 1 is 0.968 bits per heavy atom. The van der Waals surface area contributed by atoms with Gasteiger partial charge in [-0.05, 0) is 25.3 Å². The highest BCUT2D eigenvalue weighted by atomic mass is 19.1. The van der Waals surface area contributed by atoms with Crippen molar-refractivity contribution in [3.63, 3.8) is 0 Å². The van der Waals surface area contributed by atoms with Crippen molar-refractivity contribution in [3.8, 4) is 22.8 Å². The van der Waals surface area contributed by atoms with E-state index in [4.69, 9.17) is 15.0 Å². The third-order valence-corrected chi connectivity index (χ3v) is 5.46. The fourth-order valence-corrected chi connectivity index (χ4v) is 3.32. The van der Waals surface area contributed by atoms with Crippen molar-refractivity contribution in [2.45, 2.75) is 32.6 Å². The Hall–Kier alpha value is -3.40. The van der Waals surface area contributed by atoms with Crippen LogP contribution in [-0.4, -0.2) is 15.0 Å². The van der Waals surface area contributed by atoms with Gasteiger partial charge >= 0.3 is 0 Å². The predicted octanol–water partition coefficient (Wildman–Crippen LogP) is 7.11. The molecule has 2 aromatic carbocycles. The first-order chi connectivity index (χ1) is 15.0. The van der Waals surface area contributed by atoms with Crippen LogP contribution in [0.3, 0.4) is 0 Å². The molecule has 0 saturated carbocycles. The van der Waals surface area contributed by atoms with Gasteiger partial charge in [-0.25, -0.2) is 19.3 Å². The molecule has 158 valence electrons. The molecular weight excluding hydrogens is 385 g/mol. The van der Waals surface area contributed by atoms with Crippen LogP contribution < -0.4 is 0 Å². The first-order valence-corrected chi connectivity index (χ1v) is 10.5. The van der Waals surface area contributed by atoms with Crippen molar-refractivity contribution in [2.75, 3.05) is 0 Å². The van der Waals surface area contributed by atoms with Crippen LogP contribution in [0.25, 0.3) is 22.8 Å². The number of allylic oxidation sites excluding steroid dienone is 5. The van der Waals surface area contributed by atoms with Gasteiger partial charge in [0.1, 0.15) is 5.82 Å². The topological polar surface area (TPSA) is 38.7 Å². The summed E-state index contributed by atoms with van der Waals surface area (Å²) >= 11 is 0. The summed E-state index contributed by atoms with van der Waals surface area (Å²) in [6, 6.07) is 19.6. The van der Waals surface area contributed by atoms with E-state index >= 15 is 0 Å². The normalized spacial score (nSPS) is 14.9. The van der Waals surface area contributed by atoms with Crippen molar-refractivity contribution >= 4 is 0 Å². The van der Waals surface area contributed by atoms with Crippen LogP contribution in [-0.2, 0) is 5.41 Å². The summed E-state index contributed by atoms with van der Waals surface area (Å²) in [6.45, 7) is 9.56. The number of rotatable bonds is 8. The average molecular weight is 414 g/mol. The monoisotopic (exact) mass is 413 g/mol. The van der Waals surface area contributed by atoms with Gasteiger partial charge in [-0.15, -0.1) is 0 Å². The molecule has 1 aromatic heterocycles. The fourth-order valence-electron chi connectivity index (χ4n) is 3.32. The average Bonchev–Trinajstić information content (AvgIpc) is 2.83. The zero-order chi connectivity index (χ0) is 22.3. The van der Waals surface area contributed by atoms with Crippen molar-refractivity contribution in [3.05, 3.63) is 103 Å². The highest BCUT2D eigenvalue weighted by molar-refractivity contribution is 5.61. The summed E-state index contributed by atoms with van der Waals surface area (Å²) in [5.74, 6) is 1.41. The minimum atomic E-state index is -0.768. The molecule has 0 aliphatic carbocycles. The molecule has 1 heterocycles. The largest absolute Gasteiger partial charge is 0.212 e. The van der Waals surface area contributed by atoms with Crippen LogP contribution in [0.4, 0.5) is 4.39 Å². The van der Waals surface area contributed by atoms with E-state index in [2.05, 4.69) is 6.58 Å². The molecule has 31 heavy (non-hydrogen) atoms. The Morgan fingerprint density at radius 2 is 1.48 bits per heavy atom. The van der Waals surface area contributed by atoms with Crippen LogP contribution in [0.1, 0.15) is 33.0 Å². The lowest BCUT2D eigenvalue weighted by atomic mass is 9.76. The third-order valence-electron chi connectivity index (χ3n) is 5.46. The lowest BCUT2D eigenvalue weighted by Crippen LogP contribution is -2.30. The Kier molecular flexibility index (Phi) is 7.24. The van der Waals surface area contributed by atoms with Crippen molar-refractivity contribution in [2.24, 2.45) is 5.92 Å². The van der Waals surface area contributed by atoms with Gasteiger partial charge in [0.25, 0.3) is 0 Å². The van der Waals surface area contributed by atoms with Crippen molar-refractivity contribution in [1.29, 1.82) is 0 Å². The lowest BCUT2D eigenvalue weighted by Gasteiger charge is -2.30. The Balaban J connectivity index is 2.27. The minimum Gasteiger partial charge on any atom is -0.212 e. The fraction of sp³-hybridized carbons (Fsp3) is 0.222. The molecule has 0 saturated heterocycles. The van der Waals surface area contributed by atoms with Crippen LogP contribution in [0.15, 0.2) is 97.4 Å². The smallest absolute Gasteiger partial charge is 0.163 e. The molecule has 3 aromatic rings. The SMILES string of the molecule is C=C/C=C\C(C)C(C)(/C=C(/F)CC)c1nc(-c2ccccc2)nc(-c2ccccc2)n1. The van der Waals surface area contributed by atoms with Crippen LogP contribution in [0, 0.1) is 5.92 Å². The maximum absolute atomic E-state index is 14.6. The number of halogens is 1. The van der Waals surface area contributed by atoms with E-state index in [1.165, 1.54) is 0 Å². The quantitative estimate of drug-likeness (QED) is 0.370.